The SMILES string of the molecule is Cc1c(CN2CC[C@@]3(CCN(c4ccnc5ccc(CC(F)(F)F)cc45)C3)C2)ccc2[nH]c(C#N)cc12. The zero-order chi connectivity index (χ0) is 25.8. The summed E-state index contributed by atoms with van der Waals surface area (Å²) in [6, 6.07) is 15.2. The smallest absolute Gasteiger partial charge is 0.370 e. The number of fused-ring (bicyclic) bond motifs is 2. The van der Waals surface area contributed by atoms with Gasteiger partial charge in [0.1, 0.15) is 11.8 Å². The molecule has 0 bridgehead atoms. The number of aromatic nitrogens is 2. The minimum absolute atomic E-state index is 0.180. The molecule has 2 fully saturated rings. The van der Waals surface area contributed by atoms with E-state index in [4.69, 9.17) is 0 Å². The van der Waals surface area contributed by atoms with Gasteiger partial charge in [-0.25, -0.2) is 0 Å². The fourth-order valence-electron chi connectivity index (χ4n) is 6.30. The Bertz CT molecular complexity index is 1530. The van der Waals surface area contributed by atoms with Crippen molar-refractivity contribution >= 4 is 27.5 Å². The molecule has 2 aliphatic rings. The van der Waals surface area contributed by atoms with Crippen LogP contribution < -0.4 is 4.90 Å². The van der Waals surface area contributed by atoms with Gasteiger partial charge in [0.05, 0.1) is 11.9 Å². The maximum atomic E-state index is 13.0. The fraction of sp³-hybridized carbons (Fsp3) is 0.379. The van der Waals surface area contributed by atoms with Crippen LogP contribution in [0.5, 0.6) is 0 Å². The summed E-state index contributed by atoms with van der Waals surface area (Å²) in [6.07, 6.45) is -1.23. The Morgan fingerprint density at radius 2 is 1.89 bits per heavy atom. The predicted molar refractivity (Wildman–Crippen MR) is 138 cm³/mol. The Hall–Kier alpha value is -3.57. The standard InChI is InChI=1S/C29H28F3N5/c1-19-21(3-5-26-23(19)13-22(15-33)35-26)16-36-10-7-28(17-36)8-11-37(18-28)27-6-9-34-25-4-2-20(12-24(25)27)14-29(30,31)32/h2-6,9,12-13,35H,7-8,10-11,14,16-18H2,1H3/t28-/m1/s1. The average molecular weight is 504 g/mol. The zero-order valence-electron chi connectivity index (χ0n) is 20.7. The van der Waals surface area contributed by atoms with Crippen molar-refractivity contribution in [2.24, 2.45) is 5.41 Å². The number of H-pyrrole nitrogens is 1. The molecule has 1 spiro atoms. The van der Waals surface area contributed by atoms with Crippen molar-refractivity contribution in [3.63, 3.8) is 0 Å². The van der Waals surface area contributed by atoms with Crippen molar-refractivity contribution in [1.29, 1.82) is 5.26 Å². The molecule has 0 saturated carbocycles. The highest BCUT2D eigenvalue weighted by Gasteiger charge is 2.43. The number of aromatic amines is 1. The molecule has 190 valence electrons. The van der Waals surface area contributed by atoms with Gasteiger partial charge >= 0.3 is 6.18 Å². The zero-order valence-corrected chi connectivity index (χ0v) is 20.7. The Morgan fingerprint density at radius 3 is 2.70 bits per heavy atom. The number of alkyl halides is 3. The van der Waals surface area contributed by atoms with Crippen LogP contribution in [0.2, 0.25) is 0 Å². The molecule has 0 unspecified atom stereocenters. The second-order valence-corrected chi connectivity index (χ2v) is 10.7. The van der Waals surface area contributed by atoms with E-state index in [2.05, 4.69) is 44.9 Å². The van der Waals surface area contributed by atoms with Crippen molar-refractivity contribution in [2.45, 2.75) is 38.9 Å². The summed E-state index contributed by atoms with van der Waals surface area (Å²) in [5.74, 6) is 0. The van der Waals surface area contributed by atoms with E-state index in [0.717, 1.165) is 73.1 Å². The number of hydrogen-bond donors (Lipinski definition) is 1. The van der Waals surface area contributed by atoms with Gasteiger partial charge in [0, 0.05) is 59.8 Å². The van der Waals surface area contributed by atoms with Crippen molar-refractivity contribution < 1.29 is 13.2 Å². The van der Waals surface area contributed by atoms with Crippen LogP contribution in [0.4, 0.5) is 18.9 Å². The second-order valence-electron chi connectivity index (χ2n) is 10.7. The Labute approximate surface area is 213 Å². The lowest BCUT2D eigenvalue weighted by Gasteiger charge is -2.26. The number of halogens is 3. The van der Waals surface area contributed by atoms with Gasteiger partial charge in [-0.15, -0.1) is 0 Å². The van der Waals surface area contributed by atoms with E-state index < -0.39 is 12.6 Å². The average Bonchev–Trinajstić information content (AvgIpc) is 3.58. The van der Waals surface area contributed by atoms with Crippen LogP contribution in [-0.4, -0.2) is 47.2 Å². The first kappa shape index (κ1) is 23.8. The quantitative estimate of drug-likeness (QED) is 0.365. The third-order valence-electron chi connectivity index (χ3n) is 8.18. The van der Waals surface area contributed by atoms with Crippen LogP contribution in [0, 0.1) is 23.7 Å². The number of benzene rings is 2. The summed E-state index contributed by atoms with van der Waals surface area (Å²) < 4.78 is 39.0. The summed E-state index contributed by atoms with van der Waals surface area (Å²) >= 11 is 0. The summed E-state index contributed by atoms with van der Waals surface area (Å²) in [4.78, 5) is 12.4. The van der Waals surface area contributed by atoms with Crippen molar-refractivity contribution in [3.05, 3.63) is 71.0 Å². The molecule has 1 atom stereocenters. The lowest BCUT2D eigenvalue weighted by atomic mass is 9.86. The van der Waals surface area contributed by atoms with E-state index in [9.17, 15) is 18.4 Å². The molecular formula is C29H28F3N5. The van der Waals surface area contributed by atoms with Gasteiger partial charge in [-0.05, 0) is 73.3 Å². The largest absolute Gasteiger partial charge is 0.393 e. The first-order valence-corrected chi connectivity index (χ1v) is 12.7. The van der Waals surface area contributed by atoms with Gasteiger partial charge in [0.2, 0.25) is 0 Å². The maximum absolute atomic E-state index is 13.0. The lowest BCUT2D eigenvalue weighted by molar-refractivity contribution is -0.127. The molecule has 5 nitrogen and oxygen atoms in total. The molecule has 0 aliphatic carbocycles. The summed E-state index contributed by atoms with van der Waals surface area (Å²) in [5, 5.41) is 11.1. The minimum atomic E-state index is -4.23. The van der Waals surface area contributed by atoms with Crippen molar-refractivity contribution in [3.8, 4) is 6.07 Å². The number of rotatable bonds is 4. The van der Waals surface area contributed by atoms with E-state index in [1.807, 2.05) is 12.1 Å². The summed E-state index contributed by atoms with van der Waals surface area (Å²) in [7, 11) is 0. The van der Waals surface area contributed by atoms with Gasteiger partial charge in [0.25, 0.3) is 0 Å². The molecular weight excluding hydrogens is 475 g/mol. The fourth-order valence-corrected chi connectivity index (χ4v) is 6.30. The van der Waals surface area contributed by atoms with Crippen LogP contribution in [0.3, 0.4) is 0 Å². The molecule has 37 heavy (non-hydrogen) atoms. The molecule has 1 N–H and O–H groups in total. The van der Waals surface area contributed by atoms with Crippen molar-refractivity contribution in [1.82, 2.24) is 14.9 Å². The van der Waals surface area contributed by atoms with Crippen LogP contribution in [-0.2, 0) is 13.0 Å². The first-order valence-electron chi connectivity index (χ1n) is 12.7. The molecule has 2 aromatic heterocycles. The summed E-state index contributed by atoms with van der Waals surface area (Å²) in [6.45, 7) is 6.80. The van der Waals surface area contributed by atoms with E-state index >= 15 is 0 Å². The highest BCUT2D eigenvalue weighted by atomic mass is 19.4. The molecule has 8 heteroatoms. The maximum Gasteiger partial charge on any atom is 0.393 e. The van der Waals surface area contributed by atoms with Crippen LogP contribution in [0.15, 0.2) is 48.7 Å². The molecule has 6 rings (SSSR count). The van der Waals surface area contributed by atoms with Crippen LogP contribution in [0.1, 0.15) is 35.2 Å². The van der Waals surface area contributed by atoms with Gasteiger partial charge in [-0.3, -0.25) is 9.88 Å². The predicted octanol–water partition coefficient (Wildman–Crippen LogP) is 6.10. The van der Waals surface area contributed by atoms with E-state index in [0.29, 0.717) is 5.69 Å². The number of likely N-dealkylation sites (tertiary alicyclic amines) is 1. The third kappa shape index (κ3) is 4.53. The Balaban J connectivity index is 1.19. The minimum Gasteiger partial charge on any atom is -0.370 e. The summed E-state index contributed by atoms with van der Waals surface area (Å²) in [5.41, 5.74) is 6.22. The van der Waals surface area contributed by atoms with Crippen LogP contribution >= 0.6 is 0 Å². The molecule has 2 aromatic carbocycles. The van der Waals surface area contributed by atoms with E-state index in [1.54, 1.807) is 18.3 Å². The topological polar surface area (TPSA) is 58.9 Å². The van der Waals surface area contributed by atoms with Gasteiger partial charge in [0.15, 0.2) is 0 Å². The number of nitrogens with zero attached hydrogens (tertiary/aromatic N) is 4. The number of anilines is 1. The highest BCUT2D eigenvalue weighted by molar-refractivity contribution is 5.92. The number of nitrogens with one attached hydrogen (secondary N) is 1. The van der Waals surface area contributed by atoms with Gasteiger partial charge in [-0.2, -0.15) is 18.4 Å². The van der Waals surface area contributed by atoms with Gasteiger partial charge in [-0.1, -0.05) is 12.1 Å². The monoisotopic (exact) mass is 503 g/mol. The Kier molecular flexibility index (Phi) is 5.64. The number of hydrogen-bond acceptors (Lipinski definition) is 4. The molecule has 4 heterocycles. The molecule has 2 aliphatic heterocycles. The normalized spacial score (nSPS) is 20.5. The second kappa shape index (κ2) is 8.77. The van der Waals surface area contributed by atoms with E-state index in [-0.39, 0.29) is 11.0 Å². The number of nitriles is 1. The lowest BCUT2D eigenvalue weighted by Crippen LogP contribution is -2.31. The number of pyridine rings is 1. The molecule has 0 amide bonds. The number of aryl methyl sites for hydroxylation is 1. The Morgan fingerprint density at radius 1 is 1.05 bits per heavy atom. The van der Waals surface area contributed by atoms with Crippen LogP contribution in [0.25, 0.3) is 21.8 Å². The van der Waals surface area contributed by atoms with Gasteiger partial charge < -0.3 is 9.88 Å². The van der Waals surface area contributed by atoms with Crippen molar-refractivity contribution in [2.75, 3.05) is 31.1 Å². The highest BCUT2D eigenvalue weighted by Crippen LogP contribution is 2.43. The molecule has 2 saturated heterocycles. The molecule has 0 radical (unpaired) electrons. The first-order chi connectivity index (χ1) is 17.7. The van der Waals surface area contributed by atoms with E-state index in [1.165, 1.54) is 17.2 Å². The third-order valence-corrected chi connectivity index (χ3v) is 8.18. The molecule has 4 aromatic rings.